The van der Waals surface area contributed by atoms with Crippen LogP contribution in [0.3, 0.4) is 0 Å². The molecule has 0 rings (SSSR count). The van der Waals surface area contributed by atoms with Crippen molar-refractivity contribution in [2.45, 2.75) is 112 Å². The molecule has 0 spiro atoms. The number of carbonyl (C=O) groups excluding carboxylic acids is 2. The van der Waals surface area contributed by atoms with Crippen molar-refractivity contribution in [2.75, 3.05) is 26.2 Å². The third-order valence-electron chi connectivity index (χ3n) is 2.34. The molecule has 0 aromatic carbocycles. The molecule has 0 unspecified atom stereocenters. The number of nitrogens with zero attached hydrogens (tertiary/aromatic N) is 2. The smallest absolute Gasteiger partial charge is 0.693 e. The zero-order valence-electron chi connectivity index (χ0n) is 25.6. The molecule has 34 heavy (non-hydrogen) atoms. The zero-order valence-corrected chi connectivity index (χ0v) is 29.9. The van der Waals surface area contributed by atoms with E-state index in [1.807, 2.05) is 0 Å². The van der Waals surface area contributed by atoms with Crippen molar-refractivity contribution in [1.29, 1.82) is 0 Å². The van der Waals surface area contributed by atoms with Crippen LogP contribution in [0.25, 0.3) is 22.5 Å². The van der Waals surface area contributed by atoms with Gasteiger partial charge in [0.1, 0.15) is 7.63 Å². The first kappa shape index (κ1) is 56.5. The van der Waals surface area contributed by atoms with E-state index in [1.54, 1.807) is 0 Å². The molecule has 0 saturated carbocycles. The van der Waals surface area contributed by atoms with Crippen LogP contribution in [0, 0.1) is 21.7 Å². The van der Waals surface area contributed by atoms with E-state index < -0.39 is 12.6 Å². The van der Waals surface area contributed by atoms with Crippen molar-refractivity contribution in [2.24, 2.45) is 21.7 Å². The molecule has 0 aliphatic heterocycles. The summed E-state index contributed by atoms with van der Waals surface area (Å²) >= 11 is 0. The van der Waals surface area contributed by atoms with Crippen molar-refractivity contribution in [3.8, 4) is 0 Å². The Hall–Kier alpha value is 2.29. The first-order valence-corrected chi connectivity index (χ1v) is 9.84. The summed E-state index contributed by atoms with van der Waals surface area (Å²) in [7, 11) is 0. The minimum absolute atomic E-state index is 0. The second-order valence-corrected chi connectivity index (χ2v) is 11.6. The van der Waals surface area contributed by atoms with E-state index in [-0.39, 0.29) is 131 Å². The van der Waals surface area contributed by atoms with E-state index >= 15 is 0 Å². The van der Waals surface area contributed by atoms with Gasteiger partial charge in [-0.3, -0.25) is 0 Å². The molecule has 8 heteroatoms. The Morgan fingerprint density at radius 2 is 0.706 bits per heavy atom. The molecule has 0 aromatic rings. The fraction of sp³-hybridized carbons (Fsp3) is 0.923. The molecule has 0 fully saturated rings. The van der Waals surface area contributed by atoms with Crippen LogP contribution in [0.15, 0.2) is 0 Å². The molecule has 0 aliphatic rings. The third kappa shape index (κ3) is 114. The number of hydrogen-bond donors (Lipinski definition) is 0. The van der Waals surface area contributed by atoms with Gasteiger partial charge >= 0.3 is 103 Å². The van der Waals surface area contributed by atoms with E-state index in [0.29, 0.717) is 21.7 Å². The summed E-state index contributed by atoms with van der Waals surface area (Å²) in [6.07, 6.45) is -1.92. The second kappa shape index (κ2) is 35.3. The topological polar surface area (TPSA) is 120 Å². The van der Waals surface area contributed by atoms with Gasteiger partial charge in [-0.25, -0.2) is 0 Å². The van der Waals surface area contributed by atoms with Gasteiger partial charge in [-0.2, -0.15) is 0 Å². The van der Waals surface area contributed by atoms with Crippen LogP contribution in [0.2, 0.25) is 0 Å². The molecular formula is C26H64K2N4O2-2. The molecule has 0 bridgehead atoms. The minimum atomic E-state index is -1.33. The second-order valence-electron chi connectivity index (χ2n) is 11.6. The predicted molar refractivity (Wildman–Crippen MR) is 152 cm³/mol. The Balaban J connectivity index is -0.0000000321. The van der Waals surface area contributed by atoms with Crippen molar-refractivity contribution >= 4 is 12.6 Å². The van der Waals surface area contributed by atoms with Gasteiger partial charge in [0.25, 0.3) is 0 Å². The molecule has 6 nitrogen and oxygen atoms in total. The molecule has 3 N–H and O–H groups in total. The summed E-state index contributed by atoms with van der Waals surface area (Å²) in [5.74, 6) is 0. The first-order valence-electron chi connectivity index (χ1n) is 10.8. The summed E-state index contributed by atoms with van der Waals surface area (Å²) in [5.41, 5.74) is 7.02. The van der Waals surface area contributed by atoms with E-state index in [9.17, 15) is 0 Å². The number of rotatable bonds is 4. The van der Waals surface area contributed by atoms with Crippen LogP contribution < -0.4 is 103 Å². The molecule has 0 heterocycles. The van der Waals surface area contributed by atoms with Gasteiger partial charge in [0.15, 0.2) is 0 Å². The van der Waals surface area contributed by atoms with Gasteiger partial charge in [-0.05, 0) is 6.92 Å². The number of nitrogens with two attached hydrogens (primary N) is 1. The Morgan fingerprint density at radius 3 is 0.765 bits per heavy atom. The molecule has 0 aliphatic carbocycles. The molecule has 0 radical (unpaired) electrons. The zero-order chi connectivity index (χ0) is 25.4. The number of nitrogens with one attached hydrogen (secondary N) is 1. The molecule has 0 aromatic heterocycles. The summed E-state index contributed by atoms with van der Waals surface area (Å²) in [6.45, 7) is 31.8. The van der Waals surface area contributed by atoms with Crippen LogP contribution >= 0.6 is 0 Å². The van der Waals surface area contributed by atoms with Crippen LogP contribution in [0.4, 0.5) is 0 Å². The average molecular weight is 547 g/mol. The quantitative estimate of drug-likeness (QED) is 0.392. The summed E-state index contributed by atoms with van der Waals surface area (Å²) in [6, 6.07) is 0. The number of aldehydes is 1. The molecule has 0 atom stereocenters. The van der Waals surface area contributed by atoms with E-state index in [1.165, 1.54) is 6.92 Å². The third-order valence-corrected chi connectivity index (χ3v) is 2.34. The number of carbonyl (C=O) groups is 2. The van der Waals surface area contributed by atoms with Crippen molar-refractivity contribution < 1.29 is 115 Å². The molecule has 0 saturated heterocycles. The van der Waals surface area contributed by atoms with Crippen molar-refractivity contribution in [1.82, 2.24) is 0 Å². The maximum absolute atomic E-state index is 9.11. The Kier molecular flexibility index (Phi) is 58.6. The number of hydrogen-bond acceptors (Lipinski definition) is 2. The van der Waals surface area contributed by atoms with Crippen LogP contribution in [0.1, 0.15) is 115 Å². The molecule has 204 valence electrons. The Labute approximate surface area is 305 Å². The largest absolute Gasteiger partial charge is 1.00 e. The van der Waals surface area contributed by atoms with Gasteiger partial charge in [0, 0.05) is 6.39 Å². The Morgan fingerprint density at radius 1 is 0.618 bits per heavy atom. The Bertz CT molecular complexity index is 379. The van der Waals surface area contributed by atoms with Crippen molar-refractivity contribution in [3.05, 3.63) is 22.5 Å². The fourth-order valence-electron chi connectivity index (χ4n) is 1.45. The standard InChI is InChI=1S/2C10H22N.C2H4O.CH3NO.3CH4.2K.H2N/c2*1-9(2,3)7-11-8-10(4,5)6;1-2-3;2-1-3;;;;;;/h2*7-8H2,1-6H3;2H,1H3;1H,(H2,2,3);3*1H4;;;1H2/q2*-1;;;;;;2*+1;-1/p-1/i;;2T;1T;;;;;;. The maximum atomic E-state index is 9.11. The minimum Gasteiger partial charge on any atom is -0.693 e. The van der Waals surface area contributed by atoms with E-state index in [0.717, 1.165) is 26.2 Å². The van der Waals surface area contributed by atoms with E-state index in [2.05, 4.69) is 93.7 Å². The van der Waals surface area contributed by atoms with Crippen LogP contribution in [-0.2, 0) is 9.59 Å². The van der Waals surface area contributed by atoms with Crippen molar-refractivity contribution in [3.63, 3.8) is 0 Å². The summed E-state index contributed by atoms with van der Waals surface area (Å²) in [4.78, 5) is 17.9. The van der Waals surface area contributed by atoms with Gasteiger partial charge in [-0.15, -0.1) is 26.2 Å². The SMILES string of the molecule is C.C.C.CC(C)(C)C[N-]CC(C)(C)C.CC(C)(C)C[N-]CC(C)(C)C.[3H]C(C)=O.[3H]C([NH-])=O.[K+].[K+].[NH2-]. The first-order chi connectivity index (χ1) is 12.9. The summed E-state index contributed by atoms with van der Waals surface area (Å²) < 4.78 is 11.6. The number of amides is 1. The fourth-order valence-corrected chi connectivity index (χ4v) is 1.45. The van der Waals surface area contributed by atoms with E-state index in [4.69, 9.17) is 18.1 Å². The molecule has 1 amide bonds. The van der Waals surface area contributed by atoms with Gasteiger partial charge < -0.3 is 32.1 Å². The normalized spacial score (nSPS) is 10.4. The average Bonchev–Trinajstić information content (AvgIpc) is 2.30. The van der Waals surface area contributed by atoms with Crippen LogP contribution in [0.5, 0.6) is 0 Å². The van der Waals surface area contributed by atoms with Crippen LogP contribution in [-0.4, -0.2) is 38.8 Å². The van der Waals surface area contributed by atoms with Gasteiger partial charge in [0.2, 0.25) is 0 Å². The maximum Gasteiger partial charge on any atom is 1.00 e. The van der Waals surface area contributed by atoms with Gasteiger partial charge in [-0.1, -0.05) is 127 Å². The summed E-state index contributed by atoms with van der Waals surface area (Å²) in [5, 5.41) is 9.03. The predicted octanol–water partition coefficient (Wildman–Crippen LogP) is 3.94. The monoisotopic (exact) mass is 546 g/mol. The van der Waals surface area contributed by atoms with Gasteiger partial charge in [0.05, 0.1) is 1.37 Å². The molecular weight excluding hydrogens is 479 g/mol.